The summed E-state index contributed by atoms with van der Waals surface area (Å²) >= 11 is 1.89. The van der Waals surface area contributed by atoms with Gasteiger partial charge in [-0.3, -0.25) is 0 Å². The second kappa shape index (κ2) is 11.6. The van der Waals surface area contributed by atoms with Gasteiger partial charge in [-0.25, -0.2) is 4.98 Å². The van der Waals surface area contributed by atoms with Gasteiger partial charge in [-0.2, -0.15) is 0 Å². The summed E-state index contributed by atoms with van der Waals surface area (Å²) in [5, 5.41) is 7.70. The van der Waals surface area contributed by atoms with Gasteiger partial charge in [-0.1, -0.05) is 133 Å². The van der Waals surface area contributed by atoms with Gasteiger partial charge in [0, 0.05) is 37.6 Å². The largest absolute Gasteiger partial charge is 0.318 e. The van der Waals surface area contributed by atoms with Gasteiger partial charge in [-0.05, 0) is 103 Å². The Labute approximate surface area is 306 Å². The second-order valence-corrected chi connectivity index (χ2v) is 14.9. The highest BCUT2D eigenvalue weighted by atomic mass is 32.1. The first-order valence-corrected chi connectivity index (χ1v) is 18.8. The van der Waals surface area contributed by atoms with E-state index in [9.17, 15) is 0 Å². The van der Waals surface area contributed by atoms with E-state index in [1.165, 1.54) is 91.9 Å². The lowest BCUT2D eigenvalue weighted by molar-refractivity contribution is 0.822. The van der Waals surface area contributed by atoms with Gasteiger partial charge in [-0.15, -0.1) is 11.3 Å². The third-order valence-corrected chi connectivity index (χ3v) is 12.1. The van der Waals surface area contributed by atoms with Gasteiger partial charge in [0.1, 0.15) is 5.82 Å². The monoisotopic (exact) mass is 680 g/mol. The van der Waals surface area contributed by atoms with Gasteiger partial charge in [0.2, 0.25) is 0 Å². The number of anilines is 2. The van der Waals surface area contributed by atoms with Crippen LogP contribution in [0.4, 0.5) is 11.5 Å². The van der Waals surface area contributed by atoms with Crippen molar-refractivity contribution in [1.29, 1.82) is 0 Å². The molecule has 52 heavy (non-hydrogen) atoms. The zero-order valence-corrected chi connectivity index (χ0v) is 29.1. The van der Waals surface area contributed by atoms with E-state index in [-0.39, 0.29) is 6.04 Å². The lowest BCUT2D eigenvalue weighted by Gasteiger charge is -2.27. The zero-order valence-electron chi connectivity index (χ0n) is 28.3. The molecule has 1 aliphatic carbocycles. The molecule has 1 aliphatic heterocycles. The molecule has 2 nitrogen and oxygen atoms in total. The third-order valence-electron chi connectivity index (χ3n) is 11.0. The van der Waals surface area contributed by atoms with Crippen LogP contribution in [0.5, 0.6) is 0 Å². The average Bonchev–Trinajstić information content (AvgIpc) is 3.75. The van der Waals surface area contributed by atoms with Crippen molar-refractivity contribution < 1.29 is 0 Å². The van der Waals surface area contributed by atoms with Crippen molar-refractivity contribution in [1.82, 2.24) is 4.98 Å². The lowest BCUT2D eigenvalue weighted by atomic mass is 9.85. The summed E-state index contributed by atoms with van der Waals surface area (Å²) in [6, 6.07) is 56.2. The lowest BCUT2D eigenvalue weighted by Crippen LogP contribution is -2.27. The maximum atomic E-state index is 4.86. The number of pyridine rings is 1. The highest BCUT2D eigenvalue weighted by Crippen LogP contribution is 2.49. The Morgan fingerprint density at radius 1 is 0.519 bits per heavy atom. The molecule has 0 saturated carbocycles. The van der Waals surface area contributed by atoms with Crippen LogP contribution in [-0.4, -0.2) is 11.0 Å². The van der Waals surface area contributed by atoms with Crippen LogP contribution >= 0.6 is 11.3 Å². The fourth-order valence-electron chi connectivity index (χ4n) is 8.70. The van der Waals surface area contributed by atoms with Crippen LogP contribution in [0.25, 0.3) is 80.7 Å². The van der Waals surface area contributed by atoms with Crippen LogP contribution < -0.4 is 4.90 Å². The fraction of sp³-hybridized carbons (Fsp3) is 0.0408. The van der Waals surface area contributed by atoms with E-state index in [0.29, 0.717) is 0 Å². The van der Waals surface area contributed by atoms with E-state index in [2.05, 4.69) is 175 Å². The first kappa shape index (κ1) is 29.4. The van der Waals surface area contributed by atoms with Crippen LogP contribution in [0.3, 0.4) is 0 Å². The first-order valence-electron chi connectivity index (χ1n) is 18.0. The standard InChI is InChI=1S/C49H32N2S/c1-2-12-31(13-3-1)32-14-10-15-33(28-32)47-39-17-4-6-19-41(39)48(42-20-7-5-18-40(42)47)34-23-25-37-38-26-24-35(30-46(38)52-45(37)29-34)51-44-22-9-8-16-36(44)43-21-11-27-50-49(43)51/h1-21,23-30,44H,22H2. The molecule has 0 fully saturated rings. The van der Waals surface area contributed by atoms with Crippen LogP contribution in [0.15, 0.2) is 176 Å². The maximum absolute atomic E-state index is 4.86. The van der Waals surface area contributed by atoms with Crippen LogP contribution in [0.2, 0.25) is 0 Å². The molecule has 0 N–H and O–H groups in total. The minimum absolute atomic E-state index is 0.277. The van der Waals surface area contributed by atoms with E-state index < -0.39 is 0 Å². The Hall–Kier alpha value is -6.29. The molecular weight excluding hydrogens is 649 g/mol. The third kappa shape index (κ3) is 4.46. The van der Waals surface area contributed by atoms with Crippen molar-refractivity contribution in [2.45, 2.75) is 12.5 Å². The van der Waals surface area contributed by atoms with Gasteiger partial charge in [0.05, 0.1) is 6.04 Å². The minimum atomic E-state index is 0.277. The molecule has 2 aliphatic rings. The van der Waals surface area contributed by atoms with Gasteiger partial charge < -0.3 is 4.90 Å². The van der Waals surface area contributed by atoms with Crippen LogP contribution in [-0.2, 0) is 0 Å². The summed E-state index contributed by atoms with van der Waals surface area (Å²) in [5.74, 6) is 1.05. The smallest absolute Gasteiger partial charge is 0.141 e. The molecule has 1 unspecified atom stereocenters. The summed E-state index contributed by atoms with van der Waals surface area (Å²) in [6.45, 7) is 0. The predicted molar refractivity (Wildman–Crippen MR) is 223 cm³/mol. The maximum Gasteiger partial charge on any atom is 0.141 e. The van der Waals surface area contributed by atoms with Crippen molar-refractivity contribution in [2.24, 2.45) is 0 Å². The minimum Gasteiger partial charge on any atom is -0.318 e. The Bertz CT molecular complexity index is 2890. The number of allylic oxidation sites excluding steroid dienone is 2. The van der Waals surface area contributed by atoms with Crippen LogP contribution in [0, 0.1) is 0 Å². The molecule has 1 atom stereocenters. The summed E-state index contributed by atoms with van der Waals surface area (Å²) in [7, 11) is 0. The number of nitrogens with zero attached hydrogens (tertiary/aromatic N) is 2. The Morgan fingerprint density at radius 2 is 1.15 bits per heavy atom. The number of hydrogen-bond acceptors (Lipinski definition) is 3. The summed E-state index contributed by atoms with van der Waals surface area (Å²) in [5.41, 5.74) is 11.3. The average molecular weight is 681 g/mol. The number of aromatic nitrogens is 1. The number of fused-ring (bicyclic) bond motifs is 8. The summed E-state index contributed by atoms with van der Waals surface area (Å²) in [4.78, 5) is 7.30. The SMILES string of the molecule is C1=CCC2C(=C1)c1cccnc1N2c1ccc2c(c1)sc1cc(-c3c4ccccc4c(-c4cccc(-c5ccccc5)c4)c4ccccc34)ccc12. The quantitative estimate of drug-likeness (QED) is 0.172. The first-order chi connectivity index (χ1) is 25.8. The van der Waals surface area contributed by atoms with Crippen LogP contribution in [0.1, 0.15) is 12.0 Å². The molecule has 3 heterocycles. The number of benzene rings is 7. The molecule has 2 aromatic heterocycles. The van der Waals surface area contributed by atoms with Crippen molar-refractivity contribution in [3.05, 3.63) is 182 Å². The predicted octanol–water partition coefficient (Wildman–Crippen LogP) is 13.6. The Balaban J connectivity index is 1.07. The van der Waals surface area contributed by atoms with Crippen molar-refractivity contribution >= 4 is 70.1 Å². The Kier molecular flexibility index (Phi) is 6.58. The second-order valence-electron chi connectivity index (χ2n) is 13.8. The van der Waals surface area contributed by atoms with E-state index in [4.69, 9.17) is 4.98 Å². The van der Waals surface area contributed by atoms with Gasteiger partial charge >= 0.3 is 0 Å². The molecule has 3 heteroatoms. The summed E-state index contributed by atoms with van der Waals surface area (Å²) in [6.07, 6.45) is 9.61. The highest BCUT2D eigenvalue weighted by molar-refractivity contribution is 7.25. The van der Waals surface area contributed by atoms with E-state index in [1.54, 1.807) is 0 Å². The number of thiophene rings is 1. The van der Waals surface area contributed by atoms with Crippen molar-refractivity contribution in [3.63, 3.8) is 0 Å². The molecule has 9 aromatic rings. The molecule has 7 aromatic carbocycles. The number of hydrogen-bond donors (Lipinski definition) is 0. The van der Waals surface area contributed by atoms with E-state index in [1.807, 2.05) is 17.5 Å². The normalized spacial score (nSPS) is 15.0. The number of rotatable bonds is 4. The molecular formula is C49H32N2S. The summed E-state index contributed by atoms with van der Waals surface area (Å²) < 4.78 is 2.60. The molecule has 244 valence electrons. The molecule has 0 amide bonds. The molecule has 0 saturated heterocycles. The fourth-order valence-corrected chi connectivity index (χ4v) is 9.88. The molecule has 0 radical (unpaired) electrons. The Morgan fingerprint density at radius 3 is 1.90 bits per heavy atom. The zero-order chi connectivity index (χ0) is 34.2. The highest BCUT2D eigenvalue weighted by Gasteiger charge is 2.36. The van der Waals surface area contributed by atoms with E-state index in [0.717, 1.165) is 12.2 Å². The molecule has 0 bridgehead atoms. The van der Waals surface area contributed by atoms with E-state index >= 15 is 0 Å². The van der Waals surface area contributed by atoms with Gasteiger partial charge in [0.25, 0.3) is 0 Å². The molecule has 0 spiro atoms. The van der Waals surface area contributed by atoms with Crippen molar-refractivity contribution in [3.8, 4) is 33.4 Å². The topological polar surface area (TPSA) is 16.1 Å². The van der Waals surface area contributed by atoms with Gasteiger partial charge in [0.15, 0.2) is 0 Å². The molecule has 11 rings (SSSR count). The van der Waals surface area contributed by atoms with Crippen molar-refractivity contribution in [2.75, 3.05) is 4.90 Å².